The smallest absolute Gasteiger partial charge is 0.0406 e. The number of allylic oxidation sites excluding steroid dienone is 2. The van der Waals surface area contributed by atoms with Crippen LogP contribution in [0.5, 0.6) is 0 Å². The van der Waals surface area contributed by atoms with Crippen molar-refractivity contribution in [3.05, 3.63) is 47.0 Å². The lowest BCUT2D eigenvalue weighted by atomic mass is 10.1. The van der Waals surface area contributed by atoms with Crippen LogP contribution < -0.4 is 0 Å². The fraction of sp³-hybridized carbons (Fsp3) is 0.111. The van der Waals surface area contributed by atoms with Gasteiger partial charge in [0.2, 0.25) is 0 Å². The summed E-state index contributed by atoms with van der Waals surface area (Å²) in [6.45, 7) is 0. The molecule has 1 heteroatoms. The largest absolute Gasteiger partial charge is 0.0843 e. The summed E-state index contributed by atoms with van der Waals surface area (Å²) in [5.74, 6) is 0.595. The summed E-state index contributed by atoms with van der Waals surface area (Å²) < 4.78 is 0. The van der Waals surface area contributed by atoms with Gasteiger partial charge in [0.05, 0.1) is 0 Å². The first kappa shape index (κ1) is 5.99. The molecule has 0 nitrogen and oxygen atoms in total. The van der Waals surface area contributed by atoms with Crippen LogP contribution in [-0.2, 0) is 0 Å². The van der Waals surface area contributed by atoms with Crippen molar-refractivity contribution in [1.29, 1.82) is 0 Å². The third-order valence-corrected chi connectivity index (χ3v) is 1.89. The van der Waals surface area contributed by atoms with E-state index in [-0.39, 0.29) is 0 Å². The first-order valence-electron chi connectivity index (χ1n) is 3.30. The van der Waals surface area contributed by atoms with Crippen molar-refractivity contribution < 1.29 is 0 Å². The van der Waals surface area contributed by atoms with Gasteiger partial charge in [0, 0.05) is 10.9 Å². The van der Waals surface area contributed by atoms with Gasteiger partial charge in [0.25, 0.3) is 0 Å². The van der Waals surface area contributed by atoms with Gasteiger partial charge in [0.1, 0.15) is 0 Å². The second-order valence-corrected chi connectivity index (χ2v) is 2.90. The lowest BCUT2D eigenvalue weighted by Gasteiger charge is -1.95. The molecular formula is C9H7Cl. The third-order valence-electron chi connectivity index (χ3n) is 1.64. The second kappa shape index (κ2) is 2.14. The van der Waals surface area contributed by atoms with Crippen LogP contribution >= 0.6 is 11.6 Å². The molecule has 1 aliphatic rings. The van der Waals surface area contributed by atoms with E-state index in [1.165, 1.54) is 5.56 Å². The predicted octanol–water partition coefficient (Wildman–Crippen LogP) is 2.99. The summed E-state index contributed by atoms with van der Waals surface area (Å²) in [5, 5.41) is 0.810. The Labute approximate surface area is 65.1 Å². The fourth-order valence-corrected chi connectivity index (χ4v) is 1.09. The van der Waals surface area contributed by atoms with E-state index in [2.05, 4.69) is 24.3 Å². The maximum Gasteiger partial charge on any atom is 0.0406 e. The van der Waals surface area contributed by atoms with Crippen molar-refractivity contribution in [2.75, 3.05) is 0 Å². The van der Waals surface area contributed by atoms with Crippen molar-refractivity contribution >= 4 is 11.6 Å². The maximum atomic E-state index is 5.72. The summed E-state index contributed by atoms with van der Waals surface area (Å²) in [4.78, 5) is 0. The molecule has 0 bridgehead atoms. The second-order valence-electron chi connectivity index (χ2n) is 2.46. The molecular weight excluding hydrogens is 144 g/mol. The Hall–Kier alpha value is -0.750. The number of halogens is 1. The highest BCUT2D eigenvalue weighted by atomic mass is 35.5. The molecule has 1 aromatic rings. The SMILES string of the molecule is Clc1ccc(C2C=C2)cc1. The van der Waals surface area contributed by atoms with Gasteiger partial charge >= 0.3 is 0 Å². The van der Waals surface area contributed by atoms with E-state index in [4.69, 9.17) is 11.6 Å². The highest BCUT2D eigenvalue weighted by Gasteiger charge is 2.12. The molecule has 0 atom stereocenters. The van der Waals surface area contributed by atoms with Crippen LogP contribution in [0.25, 0.3) is 0 Å². The first-order valence-corrected chi connectivity index (χ1v) is 3.68. The summed E-state index contributed by atoms with van der Waals surface area (Å²) in [6.07, 6.45) is 4.34. The molecule has 0 amide bonds. The average molecular weight is 151 g/mol. The molecule has 2 rings (SSSR count). The van der Waals surface area contributed by atoms with E-state index in [0.29, 0.717) is 5.92 Å². The topological polar surface area (TPSA) is 0 Å². The summed E-state index contributed by atoms with van der Waals surface area (Å²) >= 11 is 5.72. The average Bonchev–Trinajstić information content (AvgIpc) is 2.71. The van der Waals surface area contributed by atoms with Gasteiger partial charge in [0.15, 0.2) is 0 Å². The van der Waals surface area contributed by atoms with Crippen molar-refractivity contribution in [3.8, 4) is 0 Å². The van der Waals surface area contributed by atoms with E-state index < -0.39 is 0 Å². The lowest BCUT2D eigenvalue weighted by Crippen LogP contribution is -1.77. The Morgan fingerprint density at radius 2 is 1.60 bits per heavy atom. The molecule has 0 spiro atoms. The first-order chi connectivity index (χ1) is 4.86. The monoisotopic (exact) mass is 150 g/mol. The molecule has 0 N–H and O–H groups in total. The van der Waals surface area contributed by atoms with Gasteiger partial charge in [-0.3, -0.25) is 0 Å². The molecule has 50 valence electrons. The van der Waals surface area contributed by atoms with Crippen LogP contribution in [-0.4, -0.2) is 0 Å². The van der Waals surface area contributed by atoms with Gasteiger partial charge < -0.3 is 0 Å². The summed E-state index contributed by atoms with van der Waals surface area (Å²) in [5.41, 5.74) is 1.34. The number of hydrogen-bond acceptors (Lipinski definition) is 0. The third kappa shape index (κ3) is 1.07. The van der Waals surface area contributed by atoms with Crippen molar-refractivity contribution in [2.24, 2.45) is 0 Å². The number of rotatable bonds is 1. The van der Waals surface area contributed by atoms with Gasteiger partial charge in [-0.2, -0.15) is 0 Å². The van der Waals surface area contributed by atoms with E-state index in [1.807, 2.05) is 12.1 Å². The van der Waals surface area contributed by atoms with Crippen LogP contribution in [0.2, 0.25) is 5.02 Å². The molecule has 0 saturated heterocycles. The molecule has 0 aliphatic heterocycles. The van der Waals surface area contributed by atoms with Gasteiger partial charge in [-0.1, -0.05) is 35.9 Å². The van der Waals surface area contributed by atoms with Crippen LogP contribution in [0.1, 0.15) is 11.5 Å². The van der Waals surface area contributed by atoms with Crippen LogP contribution in [0.15, 0.2) is 36.4 Å². The molecule has 10 heavy (non-hydrogen) atoms. The highest BCUT2D eigenvalue weighted by molar-refractivity contribution is 6.30. The normalized spacial score (nSPS) is 15.7. The standard InChI is InChI=1S/C9H7Cl/c10-9-5-3-8(4-6-9)7-1-2-7/h1-7H. The minimum absolute atomic E-state index is 0.595. The van der Waals surface area contributed by atoms with E-state index >= 15 is 0 Å². The van der Waals surface area contributed by atoms with E-state index in [9.17, 15) is 0 Å². The number of benzene rings is 1. The molecule has 0 unspecified atom stereocenters. The van der Waals surface area contributed by atoms with Gasteiger partial charge in [-0.05, 0) is 17.7 Å². The van der Waals surface area contributed by atoms with Gasteiger partial charge in [-0.25, -0.2) is 0 Å². The zero-order valence-electron chi connectivity index (χ0n) is 5.42. The van der Waals surface area contributed by atoms with Crippen LogP contribution in [0, 0.1) is 0 Å². The van der Waals surface area contributed by atoms with Crippen LogP contribution in [0.3, 0.4) is 0 Å². The van der Waals surface area contributed by atoms with Crippen molar-refractivity contribution in [2.45, 2.75) is 5.92 Å². The molecule has 0 heterocycles. The minimum atomic E-state index is 0.595. The Morgan fingerprint density at radius 3 is 2.10 bits per heavy atom. The Kier molecular flexibility index (Phi) is 1.28. The van der Waals surface area contributed by atoms with Crippen molar-refractivity contribution in [1.82, 2.24) is 0 Å². The Bertz CT molecular complexity index is 253. The fourth-order valence-electron chi connectivity index (χ4n) is 0.963. The van der Waals surface area contributed by atoms with Crippen molar-refractivity contribution in [3.63, 3.8) is 0 Å². The quantitative estimate of drug-likeness (QED) is 0.540. The highest BCUT2D eigenvalue weighted by Crippen LogP contribution is 2.29. The molecule has 1 aromatic carbocycles. The molecule has 0 aromatic heterocycles. The summed E-state index contributed by atoms with van der Waals surface area (Å²) in [7, 11) is 0. The minimum Gasteiger partial charge on any atom is -0.0843 e. The molecule has 0 radical (unpaired) electrons. The van der Waals surface area contributed by atoms with Gasteiger partial charge in [-0.15, -0.1) is 0 Å². The molecule has 0 fully saturated rings. The zero-order valence-corrected chi connectivity index (χ0v) is 6.18. The Morgan fingerprint density at radius 1 is 1.00 bits per heavy atom. The zero-order chi connectivity index (χ0) is 6.97. The van der Waals surface area contributed by atoms with E-state index in [0.717, 1.165) is 5.02 Å². The summed E-state index contributed by atoms with van der Waals surface area (Å²) in [6, 6.07) is 7.98. The number of hydrogen-bond donors (Lipinski definition) is 0. The lowest BCUT2D eigenvalue weighted by molar-refractivity contribution is 1.24. The maximum absolute atomic E-state index is 5.72. The molecule has 0 saturated carbocycles. The van der Waals surface area contributed by atoms with Crippen LogP contribution in [0.4, 0.5) is 0 Å². The predicted molar refractivity (Wildman–Crippen MR) is 43.3 cm³/mol. The van der Waals surface area contributed by atoms with E-state index in [1.54, 1.807) is 0 Å². The molecule has 1 aliphatic carbocycles. The Balaban J connectivity index is 2.28.